The molecule has 64 valence electrons. The summed E-state index contributed by atoms with van der Waals surface area (Å²) >= 11 is 0. The predicted molar refractivity (Wildman–Crippen MR) is 51.9 cm³/mol. The quantitative estimate of drug-likeness (QED) is 0.416. The molecule has 1 aromatic rings. The Bertz CT molecular complexity index is 196. The van der Waals surface area contributed by atoms with Gasteiger partial charge >= 0.3 is 0 Å². The second kappa shape index (κ2) is 5.00. The van der Waals surface area contributed by atoms with E-state index in [9.17, 15) is 0 Å². The first-order valence-electron chi connectivity index (χ1n) is 3.84. The van der Waals surface area contributed by atoms with Crippen LogP contribution in [0, 0.1) is 0 Å². The van der Waals surface area contributed by atoms with E-state index in [0.717, 1.165) is 6.54 Å². The molecule has 0 saturated carbocycles. The number of aromatic nitrogens is 2. The van der Waals surface area contributed by atoms with Gasteiger partial charge in [0.2, 0.25) is 6.33 Å². The van der Waals surface area contributed by atoms with Crippen LogP contribution >= 0.6 is 0 Å². The molecule has 11 heavy (non-hydrogen) atoms. The van der Waals surface area contributed by atoms with Crippen LogP contribution in [0.3, 0.4) is 0 Å². The maximum Gasteiger partial charge on any atom is 0.243 e. The molecule has 0 amide bonds. The van der Waals surface area contributed by atoms with Gasteiger partial charge in [-0.25, -0.2) is 9.13 Å². The van der Waals surface area contributed by atoms with E-state index in [1.54, 1.807) is 0 Å². The zero-order valence-electron chi connectivity index (χ0n) is 6.75. The van der Waals surface area contributed by atoms with Crippen molar-refractivity contribution in [2.75, 3.05) is 0 Å². The highest BCUT2D eigenvalue weighted by molar-refractivity contribution is 5.75. The Kier molecular flexibility index (Phi) is 4.67. The molecule has 0 saturated heterocycles. The van der Waals surface area contributed by atoms with E-state index >= 15 is 0 Å². The van der Waals surface area contributed by atoms with Gasteiger partial charge in [0.25, 0.3) is 0 Å². The lowest BCUT2D eigenvalue weighted by Gasteiger charge is -1.90. The van der Waals surface area contributed by atoms with Crippen molar-refractivity contribution < 1.29 is 4.57 Å². The first-order chi connectivity index (χ1) is 4.83. The van der Waals surface area contributed by atoms with Gasteiger partial charge in [-0.15, -0.1) is 0 Å². The first kappa shape index (κ1) is 10.3. The molecule has 0 bridgehead atoms. The number of imidazole rings is 1. The van der Waals surface area contributed by atoms with Gasteiger partial charge in [-0.3, -0.25) is 0 Å². The van der Waals surface area contributed by atoms with E-state index in [1.165, 1.54) is 12.8 Å². The highest BCUT2D eigenvalue weighted by Crippen LogP contribution is 1.91. The van der Waals surface area contributed by atoms with Crippen LogP contribution in [0.2, 0.25) is 0 Å². The summed E-state index contributed by atoms with van der Waals surface area (Å²) in [7, 11) is 2.04. The van der Waals surface area contributed by atoms with Crippen LogP contribution in [0.5, 0.6) is 0 Å². The smallest absolute Gasteiger partial charge is 0.240 e. The van der Waals surface area contributed by atoms with Gasteiger partial charge in [-0.05, 0) is 6.42 Å². The molecule has 0 fully saturated rings. The predicted octanol–water partition coefficient (Wildman–Crippen LogP) is -0.339. The lowest BCUT2D eigenvalue weighted by Crippen LogP contribution is -2.23. The molecule has 0 aliphatic heterocycles. The van der Waals surface area contributed by atoms with Gasteiger partial charge in [0, 0.05) is 0 Å². The first-order valence-corrected chi connectivity index (χ1v) is 3.84. The maximum absolute atomic E-state index is 2.21. The number of rotatable bonds is 3. The summed E-state index contributed by atoms with van der Waals surface area (Å²) in [6, 6.07) is 0. The van der Waals surface area contributed by atoms with E-state index in [0.29, 0.717) is 0 Å². The molecule has 1 aromatic heterocycles. The number of hydrogen-bond acceptors (Lipinski definition) is 0. The standard InChI is InChI=1S/C8H15N2.BH4/c1-3-4-5-10-7-6-9(2)8-10;/h6-8H,3-5H2,1-2H3;1H4/q+1;-1. The van der Waals surface area contributed by atoms with Crippen molar-refractivity contribution in [3.63, 3.8) is 0 Å². The minimum Gasteiger partial charge on any atom is -0.240 e. The minimum absolute atomic E-state index is 0. The Morgan fingerprint density at radius 2 is 2.18 bits per heavy atom. The lowest BCUT2D eigenvalue weighted by atomic mass is 10.3. The van der Waals surface area contributed by atoms with E-state index < -0.39 is 0 Å². The topological polar surface area (TPSA) is 8.81 Å². The average Bonchev–Trinajstić information content (AvgIpc) is 2.31. The Morgan fingerprint density at radius 3 is 2.64 bits per heavy atom. The highest BCUT2D eigenvalue weighted by Gasteiger charge is 1.96. The fourth-order valence-electron chi connectivity index (χ4n) is 0.975. The molecule has 0 N–H and O–H groups in total. The summed E-state index contributed by atoms with van der Waals surface area (Å²) in [4.78, 5) is 0. The van der Waals surface area contributed by atoms with E-state index in [-0.39, 0.29) is 8.41 Å². The fourth-order valence-corrected chi connectivity index (χ4v) is 0.975. The number of aryl methyl sites for hydroxylation is 2. The molecule has 0 spiro atoms. The zero-order chi connectivity index (χ0) is 7.40. The molecule has 1 heterocycles. The van der Waals surface area contributed by atoms with Gasteiger partial charge < -0.3 is 0 Å². The molecular weight excluding hydrogens is 135 g/mol. The van der Waals surface area contributed by atoms with Crippen LogP contribution < -0.4 is 4.57 Å². The third kappa shape index (κ3) is 3.26. The lowest BCUT2D eigenvalue weighted by molar-refractivity contribution is -0.671. The van der Waals surface area contributed by atoms with Crippen molar-refractivity contribution in [2.45, 2.75) is 26.3 Å². The third-order valence-corrected chi connectivity index (χ3v) is 1.59. The van der Waals surface area contributed by atoms with Crippen LogP contribution in [-0.4, -0.2) is 13.0 Å². The van der Waals surface area contributed by atoms with Crippen LogP contribution in [0.1, 0.15) is 19.8 Å². The largest absolute Gasteiger partial charge is 0.243 e. The van der Waals surface area contributed by atoms with Crippen molar-refractivity contribution in [1.29, 1.82) is 0 Å². The molecule has 0 aromatic carbocycles. The van der Waals surface area contributed by atoms with Gasteiger partial charge in [-0.2, -0.15) is 0 Å². The van der Waals surface area contributed by atoms with Gasteiger partial charge in [-0.1, -0.05) is 21.8 Å². The monoisotopic (exact) mass is 154 g/mol. The summed E-state index contributed by atoms with van der Waals surface area (Å²) in [6.45, 7) is 3.36. The molecule has 2 nitrogen and oxygen atoms in total. The number of nitrogens with zero attached hydrogens (tertiary/aromatic N) is 2. The van der Waals surface area contributed by atoms with E-state index in [4.69, 9.17) is 0 Å². The SMILES string of the molecule is CCCCn1cc[n+](C)c1.[BH4-]. The molecule has 0 aliphatic carbocycles. The van der Waals surface area contributed by atoms with Crippen LogP contribution in [-0.2, 0) is 13.6 Å². The molecule has 0 atom stereocenters. The van der Waals surface area contributed by atoms with Crippen molar-refractivity contribution in [2.24, 2.45) is 7.05 Å². The van der Waals surface area contributed by atoms with Crippen molar-refractivity contribution >= 4 is 8.41 Å². The molecule has 3 heteroatoms. The van der Waals surface area contributed by atoms with Gasteiger partial charge in [0.05, 0.1) is 13.6 Å². The summed E-state index contributed by atoms with van der Waals surface area (Å²) in [5.41, 5.74) is 0. The summed E-state index contributed by atoms with van der Waals surface area (Å²) in [5.74, 6) is 0. The number of hydrogen-bond donors (Lipinski definition) is 0. The second-order valence-electron chi connectivity index (χ2n) is 2.67. The Morgan fingerprint density at radius 1 is 1.45 bits per heavy atom. The van der Waals surface area contributed by atoms with Gasteiger partial charge in [0.1, 0.15) is 12.4 Å². The summed E-state index contributed by atoms with van der Waals surface area (Å²) in [6.07, 6.45) is 8.82. The number of unbranched alkanes of at least 4 members (excludes halogenated alkanes) is 1. The summed E-state index contributed by atoms with van der Waals surface area (Å²) in [5, 5.41) is 0. The Hall–Kier alpha value is -0.725. The van der Waals surface area contributed by atoms with Gasteiger partial charge in [0.15, 0.2) is 0 Å². The van der Waals surface area contributed by atoms with Crippen LogP contribution in [0.15, 0.2) is 18.7 Å². The normalized spacial score (nSPS) is 9.27. The van der Waals surface area contributed by atoms with E-state index in [1.807, 2.05) is 7.05 Å². The molecule has 1 rings (SSSR count). The van der Waals surface area contributed by atoms with Crippen molar-refractivity contribution in [3.05, 3.63) is 18.7 Å². The Labute approximate surface area is 70.4 Å². The average molecular weight is 154 g/mol. The second-order valence-corrected chi connectivity index (χ2v) is 2.67. The minimum atomic E-state index is 0. The third-order valence-electron chi connectivity index (χ3n) is 1.59. The Balaban J connectivity index is 0.000001000. The molecule has 0 radical (unpaired) electrons. The van der Waals surface area contributed by atoms with E-state index in [2.05, 4.69) is 34.8 Å². The van der Waals surface area contributed by atoms with Crippen molar-refractivity contribution in [1.82, 2.24) is 4.57 Å². The maximum atomic E-state index is 2.21. The van der Waals surface area contributed by atoms with Crippen molar-refractivity contribution in [3.8, 4) is 0 Å². The highest BCUT2D eigenvalue weighted by atomic mass is 15.1. The van der Waals surface area contributed by atoms with Crippen LogP contribution in [0.4, 0.5) is 0 Å². The summed E-state index contributed by atoms with van der Waals surface area (Å²) < 4.78 is 4.28. The molecule has 0 aliphatic rings. The fraction of sp³-hybridized carbons (Fsp3) is 0.625. The molecule has 0 unspecified atom stereocenters. The molecular formula is C8H19BN2. The van der Waals surface area contributed by atoms with Crippen LogP contribution in [0.25, 0.3) is 0 Å². The zero-order valence-corrected chi connectivity index (χ0v) is 6.75.